The summed E-state index contributed by atoms with van der Waals surface area (Å²) in [7, 11) is 0. The van der Waals surface area contributed by atoms with Crippen molar-refractivity contribution >= 4 is 50.9 Å². The van der Waals surface area contributed by atoms with E-state index in [9.17, 15) is 4.79 Å². The first-order valence-electron chi connectivity index (χ1n) is 13.8. The number of aliphatic imine (C=N–C) groups is 1. The third-order valence-corrected chi connectivity index (χ3v) is 8.09. The second-order valence-corrected chi connectivity index (χ2v) is 11.8. The number of aliphatic hydroxyl groups is 1. The maximum atomic E-state index is 14.3. The number of halogens is 3. The van der Waals surface area contributed by atoms with E-state index in [-0.39, 0.29) is 18.9 Å². The zero-order valence-electron chi connectivity index (χ0n) is 23.1. The highest BCUT2D eigenvalue weighted by Gasteiger charge is 2.54. The normalized spacial score (nSPS) is 17.7. The van der Waals surface area contributed by atoms with Crippen molar-refractivity contribution in [3.8, 4) is 5.75 Å². The van der Waals surface area contributed by atoms with Gasteiger partial charge in [-0.3, -0.25) is 10.2 Å². The van der Waals surface area contributed by atoms with Crippen LogP contribution in [-0.2, 0) is 22.5 Å². The van der Waals surface area contributed by atoms with Gasteiger partial charge < -0.3 is 14.6 Å². The largest absolute Gasteiger partial charge is 0.494 e. The molecule has 0 saturated heterocycles. The number of aliphatic hydroxyl groups excluding tert-OH is 1. The van der Waals surface area contributed by atoms with Crippen LogP contribution in [-0.4, -0.2) is 35.7 Å². The molecule has 0 aliphatic carbocycles. The molecule has 0 fully saturated rings. The Morgan fingerprint density at radius 3 is 2.42 bits per heavy atom. The number of nitrogens with zero attached hydrogens (tertiary/aromatic N) is 1. The molecule has 0 radical (unpaired) electrons. The summed E-state index contributed by atoms with van der Waals surface area (Å²) in [6.45, 7) is 0.874. The van der Waals surface area contributed by atoms with Crippen LogP contribution in [0.15, 0.2) is 107 Å². The van der Waals surface area contributed by atoms with Crippen molar-refractivity contribution in [2.45, 2.75) is 31.0 Å². The molecule has 4 aromatic carbocycles. The maximum Gasteiger partial charge on any atom is 0.266 e. The summed E-state index contributed by atoms with van der Waals surface area (Å²) in [6, 6.07) is 29.9. The average molecular weight is 683 g/mol. The highest BCUT2D eigenvalue weighted by atomic mass is 79.9. The maximum absolute atomic E-state index is 14.3. The van der Waals surface area contributed by atoms with Crippen LogP contribution in [0.2, 0.25) is 10.0 Å². The molecule has 1 aliphatic heterocycles. The lowest BCUT2D eigenvalue weighted by atomic mass is 9.82. The zero-order chi connectivity index (χ0) is 30.2. The van der Waals surface area contributed by atoms with Gasteiger partial charge in [0.1, 0.15) is 5.75 Å². The fraction of sp³-hybridized carbons (Fsp3) is 0.212. The van der Waals surface area contributed by atoms with Crippen molar-refractivity contribution in [3.63, 3.8) is 0 Å². The molecule has 0 saturated carbocycles. The summed E-state index contributed by atoms with van der Waals surface area (Å²) < 4.78 is 13.1. The Morgan fingerprint density at radius 2 is 1.72 bits per heavy atom. The first kappa shape index (κ1) is 31.0. The summed E-state index contributed by atoms with van der Waals surface area (Å²) in [5.41, 5.74) is 7.68. The number of hydrogen-bond donors (Lipinski definition) is 3. The fourth-order valence-electron chi connectivity index (χ4n) is 4.82. The molecular formula is C33H30BrCl2N3O4. The summed E-state index contributed by atoms with van der Waals surface area (Å²) in [5, 5.41) is 9.88. The van der Waals surface area contributed by atoms with Gasteiger partial charge in [-0.05, 0) is 59.7 Å². The highest BCUT2D eigenvalue weighted by molar-refractivity contribution is 9.10. The summed E-state index contributed by atoms with van der Waals surface area (Å²) >= 11 is 16.5. The van der Waals surface area contributed by atoms with Crippen LogP contribution in [0.4, 0.5) is 0 Å². The third-order valence-electron chi connectivity index (χ3n) is 7.00. The molecule has 7 nitrogen and oxygen atoms in total. The predicted molar refractivity (Wildman–Crippen MR) is 172 cm³/mol. The number of carbonyl (C=O) groups excluding carboxylic acids is 1. The molecule has 5 rings (SSSR count). The fourth-order valence-corrected chi connectivity index (χ4v) is 5.59. The quantitative estimate of drug-likeness (QED) is 0.112. The minimum Gasteiger partial charge on any atom is -0.494 e. The van der Waals surface area contributed by atoms with E-state index >= 15 is 0 Å². The molecule has 1 aliphatic rings. The first-order chi connectivity index (χ1) is 20.9. The van der Waals surface area contributed by atoms with Crippen LogP contribution in [0, 0.1) is 0 Å². The number of rotatable bonds is 12. The van der Waals surface area contributed by atoms with E-state index in [4.69, 9.17) is 42.8 Å². The molecule has 1 amide bonds. The van der Waals surface area contributed by atoms with E-state index in [1.165, 1.54) is 0 Å². The van der Waals surface area contributed by atoms with Crippen molar-refractivity contribution in [3.05, 3.63) is 134 Å². The van der Waals surface area contributed by atoms with Gasteiger partial charge in [0.15, 0.2) is 11.6 Å². The summed E-state index contributed by atoms with van der Waals surface area (Å²) in [5.74, 6) is 0.576. The van der Waals surface area contributed by atoms with E-state index in [0.717, 1.165) is 15.6 Å². The third kappa shape index (κ3) is 7.58. The van der Waals surface area contributed by atoms with E-state index in [1.807, 2.05) is 66.7 Å². The number of ether oxygens (including phenoxy) is 2. The van der Waals surface area contributed by atoms with Crippen LogP contribution in [0.5, 0.6) is 5.75 Å². The number of hydrazine groups is 1. The van der Waals surface area contributed by atoms with Gasteiger partial charge in [-0.1, -0.05) is 87.7 Å². The molecule has 2 atom stereocenters. The van der Waals surface area contributed by atoms with Crippen LogP contribution in [0.1, 0.15) is 34.8 Å². The van der Waals surface area contributed by atoms with Gasteiger partial charge in [-0.25, -0.2) is 10.4 Å². The molecule has 0 unspecified atom stereocenters. The second kappa shape index (κ2) is 14.4. The summed E-state index contributed by atoms with van der Waals surface area (Å²) in [6.07, 6.45) is -0.100. The summed E-state index contributed by atoms with van der Waals surface area (Å²) in [4.78, 5) is 19.3. The number of amides is 1. The Morgan fingerprint density at radius 1 is 0.977 bits per heavy atom. The standard InChI is InChI=1S/C33H30BrCl2N3O4/c34-25-11-7-22(8-12-25)20-33(32(41)39-37-21-23-5-2-1-3-6-23)30(28-16-13-26(35)19-29(28)36)43-31(38-33)24-9-14-27(15-10-24)42-18-4-17-40/h1-3,5-16,19,30,37,40H,4,17-18,20-21H2,(H,39,41)/t30-,33-/m0/s1. The lowest BCUT2D eigenvalue weighted by molar-refractivity contribution is -0.130. The van der Waals surface area contributed by atoms with Crippen LogP contribution < -0.4 is 15.6 Å². The SMILES string of the molecule is O=C(NNCc1ccccc1)[C@@]1(Cc2ccc(Br)cc2)N=C(c2ccc(OCCCO)cc2)O[C@H]1c1ccc(Cl)cc1Cl. The Hall–Kier alpha value is -3.40. The Labute approximate surface area is 269 Å². The van der Waals surface area contributed by atoms with E-state index in [1.54, 1.807) is 30.3 Å². The Bertz CT molecular complexity index is 1570. The molecule has 10 heteroatoms. The van der Waals surface area contributed by atoms with Crippen LogP contribution in [0.3, 0.4) is 0 Å². The number of carbonyl (C=O) groups is 1. The van der Waals surface area contributed by atoms with Gasteiger partial charge in [-0.15, -0.1) is 0 Å². The monoisotopic (exact) mass is 681 g/mol. The van der Waals surface area contributed by atoms with Crippen molar-refractivity contribution in [1.29, 1.82) is 0 Å². The van der Waals surface area contributed by atoms with Gasteiger partial charge in [0.2, 0.25) is 5.90 Å². The molecular weight excluding hydrogens is 653 g/mol. The minimum absolute atomic E-state index is 0.0556. The first-order valence-corrected chi connectivity index (χ1v) is 15.3. The molecule has 3 N–H and O–H groups in total. The molecule has 1 heterocycles. The van der Waals surface area contributed by atoms with Crippen molar-refractivity contribution in [2.24, 2.45) is 4.99 Å². The topological polar surface area (TPSA) is 92.2 Å². The molecule has 0 bridgehead atoms. The van der Waals surface area contributed by atoms with Crippen LogP contribution in [0.25, 0.3) is 0 Å². The van der Waals surface area contributed by atoms with Gasteiger partial charge in [0, 0.05) is 51.6 Å². The Balaban J connectivity index is 1.54. The van der Waals surface area contributed by atoms with Crippen molar-refractivity contribution in [1.82, 2.24) is 10.9 Å². The number of nitrogens with one attached hydrogen (secondary N) is 2. The number of hydrogen-bond acceptors (Lipinski definition) is 6. The number of benzene rings is 4. The zero-order valence-corrected chi connectivity index (χ0v) is 26.2. The van der Waals surface area contributed by atoms with Gasteiger partial charge >= 0.3 is 0 Å². The average Bonchev–Trinajstić information content (AvgIpc) is 3.39. The van der Waals surface area contributed by atoms with Crippen molar-refractivity contribution in [2.75, 3.05) is 13.2 Å². The smallest absolute Gasteiger partial charge is 0.266 e. The van der Waals surface area contributed by atoms with Crippen molar-refractivity contribution < 1.29 is 19.4 Å². The second-order valence-electron chi connectivity index (χ2n) is 10.1. The molecule has 43 heavy (non-hydrogen) atoms. The minimum atomic E-state index is -1.43. The van der Waals surface area contributed by atoms with Gasteiger partial charge in [-0.2, -0.15) is 0 Å². The van der Waals surface area contributed by atoms with E-state index in [2.05, 4.69) is 26.8 Å². The Kier molecular flexibility index (Phi) is 10.4. The van der Waals surface area contributed by atoms with Gasteiger partial charge in [0.25, 0.3) is 5.91 Å². The van der Waals surface area contributed by atoms with Crippen LogP contribution >= 0.6 is 39.1 Å². The molecule has 222 valence electrons. The van der Waals surface area contributed by atoms with E-state index in [0.29, 0.717) is 52.4 Å². The van der Waals surface area contributed by atoms with Gasteiger partial charge in [0.05, 0.1) is 6.61 Å². The molecule has 0 aromatic heterocycles. The lowest BCUT2D eigenvalue weighted by Crippen LogP contribution is -2.53. The van der Waals surface area contributed by atoms with E-state index < -0.39 is 11.6 Å². The lowest BCUT2D eigenvalue weighted by Gasteiger charge is -2.31. The highest BCUT2D eigenvalue weighted by Crippen LogP contribution is 2.45. The predicted octanol–water partition coefficient (Wildman–Crippen LogP) is 6.84. The molecule has 4 aromatic rings. The molecule has 0 spiro atoms.